The van der Waals surface area contributed by atoms with Gasteiger partial charge in [0.2, 0.25) is 5.91 Å². The van der Waals surface area contributed by atoms with Crippen molar-refractivity contribution in [2.45, 2.75) is 27.4 Å². The van der Waals surface area contributed by atoms with Crippen LogP contribution in [0.3, 0.4) is 0 Å². The highest BCUT2D eigenvalue weighted by Crippen LogP contribution is 2.43. The van der Waals surface area contributed by atoms with Gasteiger partial charge in [0.15, 0.2) is 0 Å². The van der Waals surface area contributed by atoms with Crippen LogP contribution in [0.15, 0.2) is 36.4 Å². The van der Waals surface area contributed by atoms with Gasteiger partial charge in [-0.25, -0.2) is 4.79 Å². The molecule has 7 heteroatoms. The molecule has 6 nitrogen and oxygen atoms in total. The second kappa shape index (κ2) is 8.76. The van der Waals surface area contributed by atoms with Crippen LogP contribution < -0.4 is 10.1 Å². The van der Waals surface area contributed by atoms with Gasteiger partial charge in [-0.15, -0.1) is 11.3 Å². The molecule has 2 aromatic carbocycles. The SMILES string of the molecule is CCOC(=O)c1c(NC(C)=O)sc2c(OCc3ccccc3C#N)c(C)ccc12. The lowest BCUT2D eigenvalue weighted by Gasteiger charge is -2.11. The molecule has 0 aliphatic rings. The molecule has 0 aliphatic heterocycles. The summed E-state index contributed by atoms with van der Waals surface area (Å²) < 4.78 is 12.0. The number of thiophene rings is 1. The van der Waals surface area contributed by atoms with Crippen molar-refractivity contribution < 1.29 is 19.1 Å². The fourth-order valence-electron chi connectivity index (χ4n) is 2.97. The van der Waals surface area contributed by atoms with Gasteiger partial charge in [0.1, 0.15) is 22.9 Å². The average molecular weight is 408 g/mol. The summed E-state index contributed by atoms with van der Waals surface area (Å²) in [5.41, 5.74) is 2.53. The minimum Gasteiger partial charge on any atom is -0.487 e. The minimum atomic E-state index is -0.493. The summed E-state index contributed by atoms with van der Waals surface area (Å²) in [5.74, 6) is -0.154. The van der Waals surface area contributed by atoms with Gasteiger partial charge in [0.05, 0.1) is 22.9 Å². The molecule has 1 amide bonds. The summed E-state index contributed by atoms with van der Waals surface area (Å²) in [5, 5.41) is 13.1. The number of nitrogens with zero attached hydrogens (tertiary/aromatic N) is 1. The number of aryl methyl sites for hydroxylation is 1. The molecule has 1 aromatic heterocycles. The molecule has 148 valence electrons. The van der Waals surface area contributed by atoms with Crippen molar-refractivity contribution in [3.05, 3.63) is 58.7 Å². The Kier molecular flexibility index (Phi) is 6.15. The number of rotatable bonds is 6. The van der Waals surface area contributed by atoms with Gasteiger partial charge in [-0.05, 0) is 25.5 Å². The third-order valence-electron chi connectivity index (χ3n) is 4.29. The highest BCUT2D eigenvalue weighted by Gasteiger charge is 2.24. The van der Waals surface area contributed by atoms with Gasteiger partial charge in [0.25, 0.3) is 0 Å². The van der Waals surface area contributed by atoms with E-state index in [1.807, 2.05) is 31.2 Å². The largest absolute Gasteiger partial charge is 0.487 e. The lowest BCUT2D eigenvalue weighted by molar-refractivity contribution is -0.114. The summed E-state index contributed by atoms with van der Waals surface area (Å²) in [6, 6.07) is 13.1. The first kappa shape index (κ1) is 20.4. The number of carbonyl (C=O) groups is 2. The van der Waals surface area contributed by atoms with Crippen LogP contribution in [-0.4, -0.2) is 18.5 Å². The summed E-state index contributed by atoms with van der Waals surface area (Å²) in [7, 11) is 0. The molecule has 1 heterocycles. The van der Waals surface area contributed by atoms with E-state index in [-0.39, 0.29) is 19.1 Å². The third-order valence-corrected chi connectivity index (χ3v) is 5.41. The highest BCUT2D eigenvalue weighted by molar-refractivity contribution is 7.23. The van der Waals surface area contributed by atoms with Crippen LogP contribution in [0.2, 0.25) is 0 Å². The van der Waals surface area contributed by atoms with E-state index in [0.717, 1.165) is 15.8 Å². The lowest BCUT2D eigenvalue weighted by Crippen LogP contribution is -2.10. The topological polar surface area (TPSA) is 88.4 Å². The standard InChI is InChI=1S/C22H20N2O4S/c1-4-27-22(26)18-17-10-9-13(2)19(20(17)29-21(18)24-14(3)25)28-12-16-8-6-5-7-15(16)11-23/h5-10H,4,12H2,1-3H3,(H,24,25). The Morgan fingerprint density at radius 2 is 1.97 bits per heavy atom. The Bertz CT molecular complexity index is 1130. The molecule has 0 fully saturated rings. The number of benzene rings is 2. The number of carbonyl (C=O) groups excluding carboxylic acids is 2. The van der Waals surface area contributed by atoms with E-state index in [4.69, 9.17) is 9.47 Å². The molecule has 0 saturated carbocycles. The average Bonchev–Trinajstić information content (AvgIpc) is 3.05. The minimum absolute atomic E-state index is 0.214. The van der Waals surface area contributed by atoms with Gasteiger partial charge >= 0.3 is 5.97 Å². The van der Waals surface area contributed by atoms with E-state index in [0.29, 0.717) is 27.3 Å². The van der Waals surface area contributed by atoms with Crippen LogP contribution >= 0.6 is 11.3 Å². The first-order valence-electron chi connectivity index (χ1n) is 9.07. The van der Waals surface area contributed by atoms with Crippen molar-refractivity contribution in [2.24, 2.45) is 0 Å². The smallest absolute Gasteiger partial charge is 0.341 e. The number of ether oxygens (including phenoxy) is 2. The highest BCUT2D eigenvalue weighted by atomic mass is 32.1. The predicted molar refractivity (Wildman–Crippen MR) is 112 cm³/mol. The Labute approximate surface area is 172 Å². The number of anilines is 1. The molecular weight excluding hydrogens is 388 g/mol. The Balaban J connectivity index is 2.08. The second-order valence-electron chi connectivity index (χ2n) is 6.35. The van der Waals surface area contributed by atoms with Gasteiger partial charge in [0, 0.05) is 17.9 Å². The molecule has 0 unspecified atom stereocenters. The maximum absolute atomic E-state index is 12.5. The summed E-state index contributed by atoms with van der Waals surface area (Å²) >= 11 is 1.27. The first-order chi connectivity index (χ1) is 14.0. The van der Waals surface area contributed by atoms with Crippen molar-refractivity contribution in [1.82, 2.24) is 0 Å². The lowest BCUT2D eigenvalue weighted by atomic mass is 10.1. The van der Waals surface area contributed by atoms with E-state index < -0.39 is 5.97 Å². The third kappa shape index (κ3) is 4.23. The number of fused-ring (bicyclic) bond motifs is 1. The summed E-state index contributed by atoms with van der Waals surface area (Å²) in [6.07, 6.45) is 0. The maximum atomic E-state index is 12.5. The number of hydrogen-bond acceptors (Lipinski definition) is 6. The monoisotopic (exact) mass is 408 g/mol. The van der Waals surface area contributed by atoms with Gasteiger partial charge in [-0.2, -0.15) is 5.26 Å². The molecule has 0 atom stereocenters. The molecule has 0 saturated heterocycles. The molecule has 3 rings (SSSR count). The van der Waals surface area contributed by atoms with Crippen LogP contribution in [-0.2, 0) is 16.1 Å². The van der Waals surface area contributed by atoms with Crippen LogP contribution in [0, 0.1) is 18.3 Å². The van der Waals surface area contributed by atoms with Crippen molar-refractivity contribution in [3.8, 4) is 11.8 Å². The van der Waals surface area contributed by atoms with Gasteiger partial charge < -0.3 is 14.8 Å². The fourth-order valence-corrected chi connectivity index (χ4v) is 4.26. The van der Waals surface area contributed by atoms with Crippen LogP contribution in [0.25, 0.3) is 10.1 Å². The zero-order chi connectivity index (χ0) is 21.0. The van der Waals surface area contributed by atoms with Gasteiger partial charge in [-0.1, -0.05) is 30.3 Å². The summed E-state index contributed by atoms with van der Waals surface area (Å²) in [6.45, 7) is 5.48. The van der Waals surface area contributed by atoms with Crippen molar-refractivity contribution in [2.75, 3.05) is 11.9 Å². The number of nitriles is 1. The van der Waals surface area contributed by atoms with E-state index >= 15 is 0 Å². The first-order valence-corrected chi connectivity index (χ1v) is 9.89. The molecule has 0 spiro atoms. The molecule has 0 radical (unpaired) electrons. The quantitative estimate of drug-likeness (QED) is 0.592. The predicted octanol–water partition coefficient (Wildman–Crippen LogP) is 4.80. The van der Waals surface area contributed by atoms with Crippen LogP contribution in [0.1, 0.15) is 40.9 Å². The van der Waals surface area contributed by atoms with E-state index in [1.165, 1.54) is 18.3 Å². The number of hydrogen-bond donors (Lipinski definition) is 1. The Morgan fingerprint density at radius 3 is 2.66 bits per heavy atom. The van der Waals surface area contributed by atoms with Crippen molar-refractivity contribution >= 4 is 38.3 Å². The van der Waals surface area contributed by atoms with E-state index in [1.54, 1.807) is 19.1 Å². The van der Waals surface area contributed by atoms with E-state index in [9.17, 15) is 14.9 Å². The molecule has 1 N–H and O–H groups in total. The molecule has 3 aromatic rings. The maximum Gasteiger partial charge on any atom is 0.341 e. The zero-order valence-corrected chi connectivity index (χ0v) is 17.2. The molecule has 29 heavy (non-hydrogen) atoms. The number of nitrogens with one attached hydrogen (secondary N) is 1. The number of amides is 1. The van der Waals surface area contributed by atoms with E-state index in [2.05, 4.69) is 11.4 Å². The fraction of sp³-hybridized carbons (Fsp3) is 0.227. The van der Waals surface area contributed by atoms with Crippen molar-refractivity contribution in [1.29, 1.82) is 5.26 Å². The number of esters is 1. The normalized spacial score (nSPS) is 10.4. The van der Waals surface area contributed by atoms with Crippen molar-refractivity contribution in [3.63, 3.8) is 0 Å². The Morgan fingerprint density at radius 1 is 1.21 bits per heavy atom. The molecule has 0 aliphatic carbocycles. The van der Waals surface area contributed by atoms with Crippen LogP contribution in [0.5, 0.6) is 5.75 Å². The second-order valence-corrected chi connectivity index (χ2v) is 7.37. The molecular formula is C22H20N2O4S. The molecule has 0 bridgehead atoms. The summed E-state index contributed by atoms with van der Waals surface area (Å²) in [4.78, 5) is 24.2. The zero-order valence-electron chi connectivity index (χ0n) is 16.4. The Hall–Kier alpha value is -3.37. The van der Waals surface area contributed by atoms with Gasteiger partial charge in [-0.3, -0.25) is 4.79 Å². The van der Waals surface area contributed by atoms with Crippen LogP contribution in [0.4, 0.5) is 5.00 Å².